The zero-order valence-electron chi connectivity index (χ0n) is 14.0. The number of hydrogen-bond acceptors (Lipinski definition) is 4. The summed E-state index contributed by atoms with van der Waals surface area (Å²) in [7, 11) is 0. The normalized spacial score (nSPS) is 24.1. The minimum atomic E-state index is 0.00794. The first kappa shape index (κ1) is 16.2. The van der Waals surface area contributed by atoms with E-state index in [4.69, 9.17) is 5.11 Å². The molecule has 2 aliphatic heterocycles. The standard InChI is InChI=1S/C16H27N5O2/c1-11(2)15-19-18-14-6-5-12(10-21(14)15)17-16(23)20-8-3-4-13(20)7-9-22/h11-13,22H,3-10H2,1-2H3,(H,17,23). The van der Waals surface area contributed by atoms with Gasteiger partial charge in [-0.2, -0.15) is 0 Å². The molecule has 0 spiro atoms. The number of likely N-dealkylation sites (tertiary alicyclic amines) is 1. The van der Waals surface area contributed by atoms with Gasteiger partial charge >= 0.3 is 6.03 Å². The average molecular weight is 321 g/mol. The van der Waals surface area contributed by atoms with E-state index in [1.165, 1.54) is 0 Å². The van der Waals surface area contributed by atoms with Gasteiger partial charge in [-0.05, 0) is 25.7 Å². The fourth-order valence-corrected chi connectivity index (χ4v) is 3.70. The third-order valence-electron chi connectivity index (χ3n) is 4.92. The van der Waals surface area contributed by atoms with Crippen LogP contribution in [0.25, 0.3) is 0 Å². The second-order valence-electron chi connectivity index (χ2n) is 6.93. The van der Waals surface area contributed by atoms with Crippen LogP contribution < -0.4 is 5.32 Å². The molecule has 2 N–H and O–H groups in total. The first-order valence-electron chi connectivity index (χ1n) is 8.70. The van der Waals surface area contributed by atoms with Crippen LogP contribution in [-0.4, -0.2) is 56.0 Å². The van der Waals surface area contributed by atoms with Crippen LogP contribution in [0.1, 0.15) is 57.1 Å². The lowest BCUT2D eigenvalue weighted by molar-refractivity contribution is 0.171. The fraction of sp³-hybridized carbons (Fsp3) is 0.812. The number of fused-ring (bicyclic) bond motifs is 1. The average Bonchev–Trinajstić information content (AvgIpc) is 3.13. The summed E-state index contributed by atoms with van der Waals surface area (Å²) in [6.07, 6.45) is 4.44. The van der Waals surface area contributed by atoms with Crippen molar-refractivity contribution in [2.45, 2.75) is 70.5 Å². The molecule has 128 valence electrons. The highest BCUT2D eigenvalue weighted by atomic mass is 16.3. The number of rotatable bonds is 4. The minimum absolute atomic E-state index is 0.00794. The molecule has 1 saturated heterocycles. The number of amides is 2. The Morgan fingerprint density at radius 1 is 1.39 bits per heavy atom. The van der Waals surface area contributed by atoms with Crippen molar-refractivity contribution in [1.29, 1.82) is 0 Å². The number of nitrogens with one attached hydrogen (secondary N) is 1. The number of carbonyl (C=O) groups excluding carboxylic acids is 1. The molecule has 0 aliphatic carbocycles. The van der Waals surface area contributed by atoms with Gasteiger partial charge in [0.1, 0.15) is 11.6 Å². The van der Waals surface area contributed by atoms with Crippen LogP contribution in [-0.2, 0) is 13.0 Å². The number of nitrogens with zero attached hydrogens (tertiary/aromatic N) is 4. The van der Waals surface area contributed by atoms with E-state index in [9.17, 15) is 4.79 Å². The zero-order valence-corrected chi connectivity index (χ0v) is 14.0. The Kier molecular flexibility index (Phi) is 4.84. The van der Waals surface area contributed by atoms with Crippen molar-refractivity contribution in [3.05, 3.63) is 11.6 Å². The number of aryl methyl sites for hydroxylation is 1. The summed E-state index contributed by atoms with van der Waals surface area (Å²) < 4.78 is 2.16. The van der Waals surface area contributed by atoms with Crippen LogP contribution in [0.15, 0.2) is 0 Å². The van der Waals surface area contributed by atoms with Gasteiger partial charge in [-0.3, -0.25) is 0 Å². The van der Waals surface area contributed by atoms with E-state index in [2.05, 4.69) is 33.9 Å². The highest BCUT2D eigenvalue weighted by Gasteiger charge is 2.31. The van der Waals surface area contributed by atoms with E-state index in [0.29, 0.717) is 12.3 Å². The highest BCUT2D eigenvalue weighted by molar-refractivity contribution is 5.75. The molecule has 2 atom stereocenters. The van der Waals surface area contributed by atoms with Crippen molar-refractivity contribution in [2.75, 3.05) is 13.2 Å². The van der Waals surface area contributed by atoms with E-state index in [1.807, 2.05) is 4.90 Å². The quantitative estimate of drug-likeness (QED) is 0.875. The molecule has 7 nitrogen and oxygen atoms in total. The summed E-state index contributed by atoms with van der Waals surface area (Å²) in [5, 5.41) is 20.9. The molecule has 0 radical (unpaired) electrons. The number of hydrogen-bond donors (Lipinski definition) is 2. The second kappa shape index (κ2) is 6.86. The van der Waals surface area contributed by atoms with E-state index >= 15 is 0 Å². The van der Waals surface area contributed by atoms with Crippen LogP contribution in [0.2, 0.25) is 0 Å². The molecule has 2 aliphatic rings. The molecular weight excluding hydrogens is 294 g/mol. The fourth-order valence-electron chi connectivity index (χ4n) is 3.70. The van der Waals surface area contributed by atoms with Gasteiger partial charge in [-0.15, -0.1) is 10.2 Å². The topological polar surface area (TPSA) is 83.3 Å². The van der Waals surface area contributed by atoms with Crippen LogP contribution in [0, 0.1) is 0 Å². The Morgan fingerprint density at radius 2 is 2.22 bits per heavy atom. The molecule has 23 heavy (non-hydrogen) atoms. The van der Waals surface area contributed by atoms with E-state index in [0.717, 1.165) is 50.4 Å². The van der Waals surface area contributed by atoms with E-state index in [1.54, 1.807) is 0 Å². The molecule has 0 saturated carbocycles. The SMILES string of the molecule is CC(C)c1nnc2n1CC(NC(=O)N1CCCC1CCO)CC2. The highest BCUT2D eigenvalue weighted by Crippen LogP contribution is 2.22. The third kappa shape index (κ3) is 3.34. The maximum Gasteiger partial charge on any atom is 0.317 e. The predicted molar refractivity (Wildman–Crippen MR) is 86.2 cm³/mol. The zero-order chi connectivity index (χ0) is 16.4. The van der Waals surface area contributed by atoms with Crippen LogP contribution in [0.5, 0.6) is 0 Å². The molecule has 3 rings (SSSR count). The Hall–Kier alpha value is -1.63. The molecule has 1 fully saturated rings. The van der Waals surface area contributed by atoms with Gasteiger partial charge in [0.05, 0.1) is 0 Å². The molecule has 3 heterocycles. The van der Waals surface area contributed by atoms with E-state index < -0.39 is 0 Å². The number of aliphatic hydroxyl groups excluding tert-OH is 1. The number of urea groups is 1. The first-order chi connectivity index (χ1) is 11.1. The van der Waals surface area contributed by atoms with Gasteiger partial charge < -0.3 is 19.9 Å². The summed E-state index contributed by atoms with van der Waals surface area (Å²) in [4.78, 5) is 14.5. The van der Waals surface area contributed by atoms with Gasteiger partial charge in [0.2, 0.25) is 0 Å². The number of carbonyl (C=O) groups is 1. The summed E-state index contributed by atoms with van der Waals surface area (Å²) in [6, 6.07) is 0.313. The lowest BCUT2D eigenvalue weighted by Crippen LogP contribution is -2.49. The first-order valence-corrected chi connectivity index (χ1v) is 8.70. The Labute approximate surface area is 137 Å². The number of aromatic nitrogens is 3. The van der Waals surface area contributed by atoms with Crippen molar-refractivity contribution in [1.82, 2.24) is 25.0 Å². The maximum absolute atomic E-state index is 12.6. The van der Waals surface area contributed by atoms with Crippen LogP contribution >= 0.6 is 0 Å². The minimum Gasteiger partial charge on any atom is -0.396 e. The van der Waals surface area contributed by atoms with Crippen molar-refractivity contribution in [2.24, 2.45) is 0 Å². The van der Waals surface area contributed by atoms with Gasteiger partial charge in [0, 0.05) is 44.1 Å². The van der Waals surface area contributed by atoms with Gasteiger partial charge in [-0.1, -0.05) is 13.8 Å². The van der Waals surface area contributed by atoms with Gasteiger partial charge in [-0.25, -0.2) is 4.79 Å². The second-order valence-corrected chi connectivity index (χ2v) is 6.93. The smallest absolute Gasteiger partial charge is 0.317 e. The molecule has 1 aromatic rings. The molecule has 0 aromatic carbocycles. The maximum atomic E-state index is 12.6. The Bertz CT molecular complexity index is 557. The van der Waals surface area contributed by atoms with Crippen molar-refractivity contribution in [3.63, 3.8) is 0 Å². The molecule has 2 amide bonds. The van der Waals surface area contributed by atoms with E-state index in [-0.39, 0.29) is 24.7 Å². The molecule has 7 heteroatoms. The monoisotopic (exact) mass is 321 g/mol. The predicted octanol–water partition coefficient (Wildman–Crippen LogP) is 1.27. The third-order valence-corrected chi connectivity index (χ3v) is 4.92. The molecule has 2 unspecified atom stereocenters. The Balaban J connectivity index is 1.63. The van der Waals surface area contributed by atoms with Crippen LogP contribution in [0.4, 0.5) is 4.79 Å². The van der Waals surface area contributed by atoms with Crippen molar-refractivity contribution < 1.29 is 9.90 Å². The summed E-state index contributed by atoms with van der Waals surface area (Å²) in [6.45, 7) is 5.91. The van der Waals surface area contributed by atoms with Crippen LogP contribution in [0.3, 0.4) is 0 Å². The molecule has 0 bridgehead atoms. The largest absolute Gasteiger partial charge is 0.396 e. The Morgan fingerprint density at radius 3 is 2.96 bits per heavy atom. The number of aliphatic hydroxyl groups is 1. The lowest BCUT2D eigenvalue weighted by Gasteiger charge is -2.30. The lowest BCUT2D eigenvalue weighted by atomic mass is 10.1. The van der Waals surface area contributed by atoms with Crippen molar-refractivity contribution in [3.8, 4) is 0 Å². The van der Waals surface area contributed by atoms with Crippen molar-refractivity contribution >= 4 is 6.03 Å². The summed E-state index contributed by atoms with van der Waals surface area (Å²) >= 11 is 0. The van der Waals surface area contributed by atoms with Gasteiger partial charge in [0.15, 0.2) is 0 Å². The summed E-state index contributed by atoms with van der Waals surface area (Å²) in [5.74, 6) is 2.36. The molecule has 1 aromatic heterocycles. The molecular formula is C16H27N5O2. The van der Waals surface area contributed by atoms with Gasteiger partial charge in [0.25, 0.3) is 0 Å². The summed E-state index contributed by atoms with van der Waals surface area (Å²) in [5.41, 5.74) is 0.